The summed E-state index contributed by atoms with van der Waals surface area (Å²) in [7, 11) is 1.67. The number of rotatable bonds is 6. The Labute approximate surface area is 164 Å². The molecule has 0 radical (unpaired) electrons. The number of methoxy groups -OCH3 is 1. The van der Waals surface area contributed by atoms with Crippen molar-refractivity contribution in [2.24, 2.45) is 0 Å². The molecule has 2 aromatic carbocycles. The lowest BCUT2D eigenvalue weighted by Crippen LogP contribution is -2.33. The molecule has 0 amide bonds. The van der Waals surface area contributed by atoms with Crippen molar-refractivity contribution < 1.29 is 14.6 Å². The molecular weight excluding hydrogens is 358 g/mol. The number of aromatic hydroxyl groups is 1. The molecular formula is C22H25NO3S. The van der Waals surface area contributed by atoms with E-state index in [1.165, 1.54) is 32.4 Å². The first kappa shape index (κ1) is 18.1. The Morgan fingerprint density at radius 2 is 1.81 bits per heavy atom. The third-order valence-electron chi connectivity index (χ3n) is 5.08. The van der Waals surface area contributed by atoms with Crippen LogP contribution in [0.1, 0.15) is 19.3 Å². The van der Waals surface area contributed by atoms with Crippen LogP contribution in [0.4, 0.5) is 0 Å². The van der Waals surface area contributed by atoms with Crippen LogP contribution in [0, 0.1) is 0 Å². The normalized spacial score (nSPS) is 15.1. The molecule has 4 nitrogen and oxygen atoms in total. The lowest BCUT2D eigenvalue weighted by molar-refractivity contribution is 0.185. The van der Waals surface area contributed by atoms with Gasteiger partial charge in [-0.2, -0.15) is 0 Å². The number of nitrogens with zero attached hydrogens (tertiary/aromatic N) is 1. The van der Waals surface area contributed by atoms with E-state index in [1.54, 1.807) is 24.5 Å². The molecule has 5 heteroatoms. The number of phenolic OH excluding ortho intramolecular Hbond substituents is 1. The van der Waals surface area contributed by atoms with Gasteiger partial charge in [0.25, 0.3) is 0 Å². The van der Waals surface area contributed by atoms with Crippen molar-refractivity contribution in [2.75, 3.05) is 33.4 Å². The molecule has 2 heterocycles. The molecule has 0 aliphatic carbocycles. The van der Waals surface area contributed by atoms with E-state index in [-0.39, 0.29) is 5.75 Å². The molecule has 1 N–H and O–H groups in total. The van der Waals surface area contributed by atoms with Crippen molar-refractivity contribution in [1.82, 2.24) is 4.90 Å². The maximum absolute atomic E-state index is 9.86. The van der Waals surface area contributed by atoms with Gasteiger partial charge in [0.1, 0.15) is 23.9 Å². The predicted octanol–water partition coefficient (Wildman–Crippen LogP) is 5.15. The van der Waals surface area contributed by atoms with Gasteiger partial charge in [0.05, 0.1) is 12.0 Å². The van der Waals surface area contributed by atoms with E-state index in [4.69, 9.17) is 9.47 Å². The summed E-state index contributed by atoms with van der Waals surface area (Å²) in [6.45, 7) is 3.98. The number of fused-ring (bicyclic) bond motifs is 1. The zero-order chi connectivity index (χ0) is 18.6. The molecule has 0 atom stereocenters. The standard InChI is InChI=1S/C22H25NO3S/c1-25-18-8-5-16(6-9-18)22-21(19-10-7-17(24)15-20(19)27-22)26-14-13-23-11-3-2-4-12-23/h5-10,15,24H,2-4,11-14H2,1H3. The Bertz CT molecular complexity index is 898. The Morgan fingerprint density at radius 3 is 2.56 bits per heavy atom. The van der Waals surface area contributed by atoms with E-state index < -0.39 is 0 Å². The first-order valence-corrected chi connectivity index (χ1v) is 10.3. The number of benzene rings is 2. The van der Waals surface area contributed by atoms with E-state index >= 15 is 0 Å². The van der Waals surface area contributed by atoms with Gasteiger partial charge in [0, 0.05) is 16.6 Å². The molecule has 4 rings (SSSR count). The second-order valence-electron chi connectivity index (χ2n) is 6.92. The highest BCUT2D eigenvalue weighted by Crippen LogP contribution is 2.45. The largest absolute Gasteiger partial charge is 0.508 e. The summed E-state index contributed by atoms with van der Waals surface area (Å²) in [4.78, 5) is 3.58. The van der Waals surface area contributed by atoms with Crippen LogP contribution in [-0.2, 0) is 0 Å². The van der Waals surface area contributed by atoms with Crippen LogP contribution in [0.3, 0.4) is 0 Å². The SMILES string of the molecule is COc1ccc(-c2sc3cc(O)ccc3c2OCCN2CCCCC2)cc1. The van der Waals surface area contributed by atoms with Gasteiger partial charge in [0.15, 0.2) is 0 Å². The predicted molar refractivity (Wildman–Crippen MR) is 111 cm³/mol. The van der Waals surface area contributed by atoms with Gasteiger partial charge in [0.2, 0.25) is 0 Å². The molecule has 142 valence electrons. The number of hydrogen-bond donors (Lipinski definition) is 1. The Hall–Kier alpha value is -2.24. The van der Waals surface area contributed by atoms with Crippen LogP contribution in [0.5, 0.6) is 17.2 Å². The zero-order valence-electron chi connectivity index (χ0n) is 15.6. The highest BCUT2D eigenvalue weighted by molar-refractivity contribution is 7.22. The van der Waals surface area contributed by atoms with E-state index in [0.29, 0.717) is 6.61 Å². The van der Waals surface area contributed by atoms with Gasteiger partial charge >= 0.3 is 0 Å². The van der Waals surface area contributed by atoms with Crippen molar-refractivity contribution in [1.29, 1.82) is 0 Å². The molecule has 1 aliphatic rings. The minimum Gasteiger partial charge on any atom is -0.508 e. The van der Waals surface area contributed by atoms with Gasteiger partial charge in [-0.15, -0.1) is 11.3 Å². The van der Waals surface area contributed by atoms with E-state index in [1.807, 2.05) is 24.3 Å². The molecule has 0 saturated carbocycles. The summed E-state index contributed by atoms with van der Waals surface area (Å²) in [5.41, 5.74) is 1.10. The lowest BCUT2D eigenvalue weighted by Gasteiger charge is -2.26. The maximum atomic E-state index is 9.86. The molecule has 27 heavy (non-hydrogen) atoms. The average Bonchev–Trinajstić information content (AvgIpc) is 3.06. The van der Waals surface area contributed by atoms with Crippen LogP contribution >= 0.6 is 11.3 Å². The number of phenols is 1. The van der Waals surface area contributed by atoms with Crippen molar-refractivity contribution in [3.8, 4) is 27.7 Å². The number of ether oxygens (including phenoxy) is 2. The van der Waals surface area contributed by atoms with Crippen molar-refractivity contribution in [3.63, 3.8) is 0 Å². The molecule has 0 unspecified atom stereocenters. The number of piperidine rings is 1. The number of likely N-dealkylation sites (tertiary alicyclic amines) is 1. The summed E-state index contributed by atoms with van der Waals surface area (Å²) < 4.78 is 12.6. The molecule has 0 bridgehead atoms. The summed E-state index contributed by atoms with van der Waals surface area (Å²) in [6, 6.07) is 13.5. The average molecular weight is 384 g/mol. The number of thiophene rings is 1. The van der Waals surface area contributed by atoms with Crippen LogP contribution < -0.4 is 9.47 Å². The van der Waals surface area contributed by atoms with Gasteiger partial charge in [-0.1, -0.05) is 6.42 Å². The topological polar surface area (TPSA) is 41.9 Å². The smallest absolute Gasteiger partial charge is 0.145 e. The maximum Gasteiger partial charge on any atom is 0.145 e. The Balaban J connectivity index is 1.61. The Kier molecular flexibility index (Phi) is 5.50. The molecule has 0 spiro atoms. The van der Waals surface area contributed by atoms with Crippen LogP contribution in [-0.4, -0.2) is 43.4 Å². The van der Waals surface area contributed by atoms with Crippen LogP contribution in [0.25, 0.3) is 20.5 Å². The first-order chi connectivity index (χ1) is 13.2. The lowest BCUT2D eigenvalue weighted by atomic mass is 10.1. The first-order valence-electron chi connectivity index (χ1n) is 9.50. The summed E-state index contributed by atoms with van der Waals surface area (Å²) in [6.07, 6.45) is 3.92. The third-order valence-corrected chi connectivity index (χ3v) is 6.27. The fourth-order valence-electron chi connectivity index (χ4n) is 3.60. The number of hydrogen-bond acceptors (Lipinski definition) is 5. The molecule has 1 saturated heterocycles. The molecule has 1 fully saturated rings. The molecule has 1 aromatic heterocycles. The highest BCUT2D eigenvalue weighted by atomic mass is 32.1. The van der Waals surface area contributed by atoms with E-state index in [9.17, 15) is 5.11 Å². The van der Waals surface area contributed by atoms with E-state index in [2.05, 4.69) is 17.0 Å². The zero-order valence-corrected chi connectivity index (χ0v) is 16.4. The highest BCUT2D eigenvalue weighted by Gasteiger charge is 2.17. The summed E-state index contributed by atoms with van der Waals surface area (Å²) >= 11 is 1.65. The molecule has 1 aliphatic heterocycles. The molecule has 3 aromatic rings. The summed E-state index contributed by atoms with van der Waals surface area (Å²) in [5, 5.41) is 10.9. The fraction of sp³-hybridized carbons (Fsp3) is 0.364. The van der Waals surface area contributed by atoms with Gasteiger partial charge < -0.3 is 14.6 Å². The van der Waals surface area contributed by atoms with E-state index in [0.717, 1.165) is 38.6 Å². The van der Waals surface area contributed by atoms with Gasteiger partial charge in [-0.05, 0) is 74.0 Å². The fourth-order valence-corrected chi connectivity index (χ4v) is 4.78. The monoisotopic (exact) mass is 383 g/mol. The minimum absolute atomic E-state index is 0.282. The van der Waals surface area contributed by atoms with Crippen LogP contribution in [0.15, 0.2) is 42.5 Å². The second kappa shape index (κ2) is 8.19. The minimum atomic E-state index is 0.282. The van der Waals surface area contributed by atoms with Crippen molar-refractivity contribution >= 4 is 21.4 Å². The second-order valence-corrected chi connectivity index (χ2v) is 7.97. The Morgan fingerprint density at radius 1 is 1.04 bits per heavy atom. The van der Waals surface area contributed by atoms with Crippen LogP contribution in [0.2, 0.25) is 0 Å². The van der Waals surface area contributed by atoms with Crippen molar-refractivity contribution in [3.05, 3.63) is 42.5 Å². The van der Waals surface area contributed by atoms with Gasteiger partial charge in [-0.3, -0.25) is 4.90 Å². The quantitative estimate of drug-likeness (QED) is 0.639. The van der Waals surface area contributed by atoms with Crippen molar-refractivity contribution in [2.45, 2.75) is 19.3 Å². The third kappa shape index (κ3) is 4.04. The summed E-state index contributed by atoms with van der Waals surface area (Å²) in [5.74, 6) is 2.03. The van der Waals surface area contributed by atoms with Gasteiger partial charge in [-0.25, -0.2) is 0 Å².